The molecule has 0 saturated carbocycles. The van der Waals surface area contributed by atoms with E-state index in [2.05, 4.69) is 0 Å². The molecule has 0 bridgehead atoms. The first-order valence-electron chi connectivity index (χ1n) is 11.7. The number of ether oxygens (including phenoxy) is 1. The maximum Gasteiger partial charge on any atom is 0.295 e. The van der Waals surface area contributed by atoms with E-state index < -0.39 is 28.4 Å². The van der Waals surface area contributed by atoms with Crippen LogP contribution in [0, 0.1) is 16.0 Å². The minimum Gasteiger partial charge on any atom is -0.508 e. The van der Waals surface area contributed by atoms with Crippen molar-refractivity contribution in [3.8, 4) is 11.5 Å². The van der Waals surface area contributed by atoms with E-state index in [-0.39, 0.29) is 29.1 Å². The number of ketones is 1. The van der Waals surface area contributed by atoms with E-state index in [4.69, 9.17) is 4.74 Å². The van der Waals surface area contributed by atoms with Crippen molar-refractivity contribution in [3.05, 3.63) is 105 Å². The number of carbonyl (C=O) groups excluding carboxylic acids is 2. The third-order valence-electron chi connectivity index (χ3n) is 5.94. The largest absolute Gasteiger partial charge is 0.508 e. The lowest BCUT2D eigenvalue weighted by Gasteiger charge is -2.25. The second-order valence-corrected chi connectivity index (χ2v) is 9.17. The van der Waals surface area contributed by atoms with Gasteiger partial charge < -0.3 is 19.8 Å². The van der Waals surface area contributed by atoms with Gasteiger partial charge in [0.2, 0.25) is 0 Å². The number of non-ortho nitro benzene ring substituents is 1. The van der Waals surface area contributed by atoms with Crippen LogP contribution in [0.1, 0.15) is 36.6 Å². The quantitative estimate of drug-likeness (QED) is 0.146. The Kier molecular flexibility index (Phi) is 7.24. The molecule has 1 saturated heterocycles. The van der Waals surface area contributed by atoms with E-state index in [1.165, 1.54) is 35.2 Å². The van der Waals surface area contributed by atoms with Crippen LogP contribution in [0.3, 0.4) is 0 Å². The monoisotopic (exact) mass is 502 g/mol. The Balaban J connectivity index is 1.75. The molecule has 0 aliphatic carbocycles. The maximum absolute atomic E-state index is 13.2. The average Bonchev–Trinajstić information content (AvgIpc) is 3.13. The lowest BCUT2D eigenvalue weighted by molar-refractivity contribution is -0.384. The van der Waals surface area contributed by atoms with Crippen LogP contribution in [0.15, 0.2) is 78.4 Å². The van der Waals surface area contributed by atoms with Crippen LogP contribution in [0.4, 0.5) is 5.69 Å². The van der Waals surface area contributed by atoms with Gasteiger partial charge in [0, 0.05) is 24.2 Å². The fraction of sp³-hybridized carbons (Fsp3) is 0.214. The lowest BCUT2D eigenvalue weighted by Crippen LogP contribution is -2.29. The Bertz CT molecular complexity index is 1360. The summed E-state index contributed by atoms with van der Waals surface area (Å²) in [6, 6.07) is 17.4. The summed E-state index contributed by atoms with van der Waals surface area (Å²) in [5, 5.41) is 32.1. The number of carbonyl (C=O) groups is 2. The number of aliphatic hydroxyl groups excluding tert-OH is 1. The molecular formula is C28H26N2O7. The summed E-state index contributed by atoms with van der Waals surface area (Å²) >= 11 is 0. The molecule has 9 heteroatoms. The number of aromatic hydroxyl groups is 1. The van der Waals surface area contributed by atoms with E-state index in [9.17, 15) is 29.9 Å². The van der Waals surface area contributed by atoms with Gasteiger partial charge in [-0.3, -0.25) is 19.7 Å². The highest BCUT2D eigenvalue weighted by atomic mass is 16.6. The second-order valence-electron chi connectivity index (χ2n) is 9.17. The molecule has 1 aliphatic heterocycles. The van der Waals surface area contributed by atoms with Gasteiger partial charge in [-0.25, -0.2) is 0 Å². The van der Waals surface area contributed by atoms with E-state index in [1.807, 2.05) is 13.8 Å². The van der Waals surface area contributed by atoms with Crippen molar-refractivity contribution >= 4 is 23.1 Å². The summed E-state index contributed by atoms with van der Waals surface area (Å²) in [5.41, 5.74) is 0.814. The molecule has 190 valence electrons. The number of phenolic OH excluding ortho intramolecular Hbond substituents is 1. The maximum atomic E-state index is 13.2. The zero-order valence-corrected chi connectivity index (χ0v) is 20.3. The average molecular weight is 503 g/mol. The molecule has 1 aliphatic rings. The van der Waals surface area contributed by atoms with E-state index >= 15 is 0 Å². The summed E-state index contributed by atoms with van der Waals surface area (Å²) < 4.78 is 5.71. The minimum atomic E-state index is -0.975. The lowest BCUT2D eigenvalue weighted by atomic mass is 9.95. The van der Waals surface area contributed by atoms with Crippen LogP contribution >= 0.6 is 0 Å². The number of benzene rings is 3. The number of phenols is 1. The van der Waals surface area contributed by atoms with Crippen molar-refractivity contribution < 1.29 is 29.5 Å². The predicted molar refractivity (Wildman–Crippen MR) is 136 cm³/mol. The van der Waals surface area contributed by atoms with Crippen molar-refractivity contribution in [2.45, 2.75) is 26.4 Å². The molecule has 1 unspecified atom stereocenters. The molecular weight excluding hydrogens is 476 g/mol. The summed E-state index contributed by atoms with van der Waals surface area (Å²) in [6.45, 7) is 4.71. The van der Waals surface area contributed by atoms with Gasteiger partial charge in [0.15, 0.2) is 0 Å². The topological polar surface area (TPSA) is 130 Å². The van der Waals surface area contributed by atoms with Crippen LogP contribution in [-0.4, -0.2) is 38.3 Å². The van der Waals surface area contributed by atoms with Gasteiger partial charge in [0.25, 0.3) is 17.4 Å². The summed E-state index contributed by atoms with van der Waals surface area (Å²) in [4.78, 5) is 38.3. The number of hydrogen-bond donors (Lipinski definition) is 2. The SMILES string of the molecule is CC(C)COc1ccc(CN2C(=O)C(=O)/C(=C(\O)c3cccc([N+](=O)[O-])c3)C2c2ccc(O)cc2)cc1. The smallest absolute Gasteiger partial charge is 0.295 e. The molecule has 0 aromatic heterocycles. The fourth-order valence-corrected chi connectivity index (χ4v) is 4.12. The Morgan fingerprint density at radius 3 is 2.35 bits per heavy atom. The molecule has 1 fully saturated rings. The number of nitro groups is 1. The molecule has 37 heavy (non-hydrogen) atoms. The van der Waals surface area contributed by atoms with E-state index in [0.717, 1.165) is 11.6 Å². The van der Waals surface area contributed by atoms with Gasteiger partial charge in [-0.1, -0.05) is 50.2 Å². The Morgan fingerprint density at radius 2 is 1.73 bits per heavy atom. The molecule has 4 rings (SSSR count). The number of Topliss-reactive ketones (excluding diaryl/α,β-unsaturated/α-hetero) is 1. The molecule has 3 aromatic rings. The summed E-state index contributed by atoms with van der Waals surface area (Å²) in [7, 11) is 0. The third-order valence-corrected chi connectivity index (χ3v) is 5.94. The van der Waals surface area contributed by atoms with E-state index in [0.29, 0.717) is 23.8 Å². The molecule has 3 aromatic carbocycles. The number of amides is 1. The minimum absolute atomic E-state index is 0.00336. The van der Waals surface area contributed by atoms with Gasteiger partial charge in [-0.2, -0.15) is 0 Å². The number of hydrogen-bond acceptors (Lipinski definition) is 7. The van der Waals surface area contributed by atoms with Crippen molar-refractivity contribution in [3.63, 3.8) is 0 Å². The van der Waals surface area contributed by atoms with Crippen molar-refractivity contribution in [1.82, 2.24) is 4.90 Å². The van der Waals surface area contributed by atoms with Crippen LogP contribution in [0.5, 0.6) is 11.5 Å². The molecule has 1 amide bonds. The number of rotatable bonds is 8. The highest BCUT2D eigenvalue weighted by molar-refractivity contribution is 6.46. The van der Waals surface area contributed by atoms with Crippen molar-refractivity contribution in [1.29, 1.82) is 0 Å². The van der Waals surface area contributed by atoms with Crippen LogP contribution in [-0.2, 0) is 16.1 Å². The molecule has 0 spiro atoms. The van der Waals surface area contributed by atoms with Gasteiger partial charge in [-0.05, 0) is 41.3 Å². The molecule has 1 atom stereocenters. The number of likely N-dealkylation sites (tertiary alicyclic amines) is 1. The molecule has 2 N–H and O–H groups in total. The Labute approximate surface area is 213 Å². The van der Waals surface area contributed by atoms with Crippen molar-refractivity contribution in [2.75, 3.05) is 6.61 Å². The summed E-state index contributed by atoms with van der Waals surface area (Å²) in [6.07, 6.45) is 0. The standard InChI is InChI=1S/C28H26N2O7/c1-17(2)16-37-23-12-6-18(7-13-23)15-29-25(19-8-10-22(31)11-9-19)24(27(33)28(29)34)26(32)20-4-3-5-21(14-20)30(35)36/h3-14,17,25,31-32H,15-16H2,1-2H3/b26-24-. The first kappa shape index (κ1) is 25.4. The normalized spacial score (nSPS) is 16.8. The number of nitro benzene ring substituents is 1. The second kappa shape index (κ2) is 10.5. The Hall–Kier alpha value is -4.66. The Morgan fingerprint density at radius 1 is 1.05 bits per heavy atom. The number of nitrogens with zero attached hydrogens (tertiary/aromatic N) is 2. The zero-order valence-electron chi connectivity index (χ0n) is 20.3. The molecule has 9 nitrogen and oxygen atoms in total. The van der Waals surface area contributed by atoms with E-state index in [1.54, 1.807) is 36.4 Å². The van der Waals surface area contributed by atoms with Gasteiger partial charge in [0.05, 0.1) is 23.1 Å². The van der Waals surface area contributed by atoms with Gasteiger partial charge in [-0.15, -0.1) is 0 Å². The van der Waals surface area contributed by atoms with Crippen LogP contribution in [0.25, 0.3) is 5.76 Å². The third kappa shape index (κ3) is 5.45. The first-order chi connectivity index (χ1) is 17.7. The highest BCUT2D eigenvalue weighted by Crippen LogP contribution is 2.41. The summed E-state index contributed by atoms with van der Waals surface area (Å²) in [5.74, 6) is -1.19. The first-order valence-corrected chi connectivity index (χ1v) is 11.7. The van der Waals surface area contributed by atoms with Crippen molar-refractivity contribution in [2.24, 2.45) is 5.92 Å². The zero-order chi connectivity index (χ0) is 26.7. The van der Waals surface area contributed by atoms with Crippen LogP contribution < -0.4 is 4.74 Å². The van der Waals surface area contributed by atoms with Gasteiger partial charge >= 0.3 is 0 Å². The van der Waals surface area contributed by atoms with Gasteiger partial charge in [0.1, 0.15) is 17.3 Å². The fourth-order valence-electron chi connectivity index (χ4n) is 4.12. The molecule has 1 heterocycles. The van der Waals surface area contributed by atoms with Crippen LogP contribution in [0.2, 0.25) is 0 Å². The predicted octanol–water partition coefficient (Wildman–Crippen LogP) is 4.96. The number of aliphatic hydroxyl groups is 1. The highest BCUT2D eigenvalue weighted by Gasteiger charge is 2.46. The molecule has 0 radical (unpaired) electrons.